The number of hydrogen-bond donors (Lipinski definition) is 0. The van der Waals surface area contributed by atoms with Gasteiger partial charge in [-0.1, -0.05) is 0 Å². The third-order valence-electron chi connectivity index (χ3n) is 4.39. The Kier molecular flexibility index (Phi) is 4.66. The lowest BCUT2D eigenvalue weighted by atomic mass is 10.1. The first-order valence-electron chi connectivity index (χ1n) is 7.99. The Balaban J connectivity index is 1.72. The van der Waals surface area contributed by atoms with Gasteiger partial charge in [0.2, 0.25) is 0 Å². The van der Waals surface area contributed by atoms with Crippen molar-refractivity contribution in [3.8, 4) is 6.07 Å². The maximum atomic E-state index is 14.3. The molecule has 4 nitrogen and oxygen atoms in total. The van der Waals surface area contributed by atoms with Crippen LogP contribution in [0.15, 0.2) is 36.4 Å². The smallest absolute Gasteiger partial charge is 0.159 e. The summed E-state index contributed by atoms with van der Waals surface area (Å²) < 4.78 is 28.4. The number of carbonyl (C=O) groups excluding carboxylic acids is 1. The molecule has 1 fully saturated rings. The third kappa shape index (κ3) is 3.45. The number of ketones is 1. The van der Waals surface area contributed by atoms with E-state index in [-0.39, 0.29) is 11.3 Å². The minimum absolute atomic E-state index is 0.174. The van der Waals surface area contributed by atoms with E-state index in [1.807, 2.05) is 15.9 Å². The number of anilines is 2. The maximum Gasteiger partial charge on any atom is 0.159 e. The highest BCUT2D eigenvalue weighted by Gasteiger charge is 2.22. The molecule has 2 aromatic rings. The minimum atomic E-state index is -0.426. The fourth-order valence-electron chi connectivity index (χ4n) is 3.00. The molecule has 6 heteroatoms. The van der Waals surface area contributed by atoms with E-state index in [9.17, 15) is 13.6 Å². The number of carbonyl (C=O) groups is 1. The fourth-order valence-corrected chi connectivity index (χ4v) is 3.00. The van der Waals surface area contributed by atoms with Gasteiger partial charge in [-0.15, -0.1) is 0 Å². The van der Waals surface area contributed by atoms with Gasteiger partial charge >= 0.3 is 0 Å². The summed E-state index contributed by atoms with van der Waals surface area (Å²) in [4.78, 5) is 15.1. The fraction of sp³-hybridized carbons (Fsp3) is 0.263. The highest BCUT2D eigenvalue weighted by molar-refractivity contribution is 5.94. The number of nitriles is 1. The van der Waals surface area contributed by atoms with Gasteiger partial charge in [0.25, 0.3) is 0 Å². The van der Waals surface area contributed by atoms with Crippen molar-refractivity contribution in [3.05, 3.63) is 59.2 Å². The van der Waals surface area contributed by atoms with Crippen LogP contribution in [0.1, 0.15) is 22.8 Å². The van der Waals surface area contributed by atoms with E-state index >= 15 is 0 Å². The van der Waals surface area contributed by atoms with E-state index < -0.39 is 11.6 Å². The predicted octanol–water partition coefficient (Wildman–Crippen LogP) is 3.37. The first-order valence-corrected chi connectivity index (χ1v) is 7.99. The van der Waals surface area contributed by atoms with Crippen LogP contribution in [0.3, 0.4) is 0 Å². The normalized spacial score (nSPS) is 14.3. The van der Waals surface area contributed by atoms with Crippen molar-refractivity contribution in [2.75, 3.05) is 36.0 Å². The molecule has 25 heavy (non-hydrogen) atoms. The van der Waals surface area contributed by atoms with E-state index in [2.05, 4.69) is 0 Å². The van der Waals surface area contributed by atoms with Crippen LogP contribution in [0.2, 0.25) is 0 Å². The molecule has 1 aliphatic heterocycles. The number of Topliss-reactive ketones (excluding diaryl/α,β-unsaturated/α-hetero) is 1. The van der Waals surface area contributed by atoms with Crippen molar-refractivity contribution in [2.24, 2.45) is 0 Å². The summed E-state index contributed by atoms with van der Waals surface area (Å²) >= 11 is 0. The van der Waals surface area contributed by atoms with Gasteiger partial charge in [-0.3, -0.25) is 4.79 Å². The first-order chi connectivity index (χ1) is 12.0. The summed E-state index contributed by atoms with van der Waals surface area (Å²) in [5, 5.41) is 8.81. The van der Waals surface area contributed by atoms with Gasteiger partial charge in [-0.05, 0) is 43.3 Å². The van der Waals surface area contributed by atoms with Crippen LogP contribution in [-0.4, -0.2) is 32.0 Å². The van der Waals surface area contributed by atoms with Crippen molar-refractivity contribution < 1.29 is 13.6 Å². The molecule has 0 saturated carbocycles. The van der Waals surface area contributed by atoms with Gasteiger partial charge in [0.15, 0.2) is 5.78 Å². The quantitative estimate of drug-likeness (QED) is 0.803. The monoisotopic (exact) mass is 341 g/mol. The number of benzene rings is 2. The summed E-state index contributed by atoms with van der Waals surface area (Å²) in [6.07, 6.45) is 0. The van der Waals surface area contributed by atoms with Gasteiger partial charge in [-0.2, -0.15) is 5.26 Å². The Hall–Kier alpha value is -2.94. The van der Waals surface area contributed by atoms with Gasteiger partial charge in [-0.25, -0.2) is 8.78 Å². The molecule has 0 unspecified atom stereocenters. The van der Waals surface area contributed by atoms with Crippen molar-refractivity contribution in [2.45, 2.75) is 6.92 Å². The van der Waals surface area contributed by atoms with E-state index in [1.54, 1.807) is 24.3 Å². The van der Waals surface area contributed by atoms with Crippen molar-refractivity contribution in [3.63, 3.8) is 0 Å². The van der Waals surface area contributed by atoms with Crippen molar-refractivity contribution in [1.29, 1.82) is 5.26 Å². The Labute approximate surface area is 144 Å². The average molecular weight is 341 g/mol. The molecule has 1 saturated heterocycles. The lowest BCUT2D eigenvalue weighted by Gasteiger charge is -2.37. The zero-order chi connectivity index (χ0) is 18.0. The van der Waals surface area contributed by atoms with Gasteiger partial charge in [0.1, 0.15) is 11.6 Å². The van der Waals surface area contributed by atoms with Gasteiger partial charge in [0, 0.05) is 31.7 Å². The van der Waals surface area contributed by atoms with Crippen LogP contribution in [0, 0.1) is 23.0 Å². The molecule has 0 bridgehead atoms. The second-order valence-electron chi connectivity index (χ2n) is 5.97. The van der Waals surface area contributed by atoms with E-state index in [0.717, 1.165) is 0 Å². The number of hydrogen-bond acceptors (Lipinski definition) is 4. The largest absolute Gasteiger partial charge is 0.366 e. The number of nitrogens with zero attached hydrogens (tertiary/aromatic N) is 3. The molecule has 1 heterocycles. The standard InChI is InChI=1S/C19H17F2N3O/c1-13(25)15-3-5-19(17(21)11-15)24-8-6-23(7-9-24)18-4-2-14(12-22)10-16(18)20/h2-5,10-11H,6-9H2,1H3. The summed E-state index contributed by atoms with van der Waals surface area (Å²) in [6.45, 7) is 3.55. The SMILES string of the molecule is CC(=O)c1ccc(N2CCN(c3ccc(C#N)cc3F)CC2)c(F)c1. The zero-order valence-electron chi connectivity index (χ0n) is 13.8. The van der Waals surface area contributed by atoms with Crippen LogP contribution in [0.25, 0.3) is 0 Å². The minimum Gasteiger partial charge on any atom is -0.366 e. The lowest BCUT2D eigenvalue weighted by molar-refractivity contribution is 0.101. The molecule has 0 aromatic heterocycles. The second kappa shape index (κ2) is 6.89. The Morgan fingerprint density at radius 1 is 0.960 bits per heavy atom. The molecule has 0 aliphatic carbocycles. The first kappa shape index (κ1) is 16.9. The lowest BCUT2D eigenvalue weighted by Crippen LogP contribution is -2.47. The van der Waals surface area contributed by atoms with Crippen molar-refractivity contribution >= 4 is 17.2 Å². The highest BCUT2D eigenvalue weighted by atomic mass is 19.1. The van der Waals surface area contributed by atoms with Crippen molar-refractivity contribution in [1.82, 2.24) is 0 Å². The maximum absolute atomic E-state index is 14.3. The Bertz CT molecular complexity index is 852. The predicted molar refractivity (Wildman–Crippen MR) is 91.9 cm³/mol. The molecule has 2 aromatic carbocycles. The Morgan fingerprint density at radius 2 is 1.48 bits per heavy atom. The number of halogens is 2. The highest BCUT2D eigenvalue weighted by Crippen LogP contribution is 2.26. The summed E-state index contributed by atoms with van der Waals surface area (Å²) in [6, 6.07) is 10.8. The molecular formula is C19H17F2N3O. The van der Waals surface area contributed by atoms with E-state index in [1.165, 1.54) is 19.1 Å². The van der Waals surface area contributed by atoms with Crippen LogP contribution in [0.4, 0.5) is 20.2 Å². The Morgan fingerprint density at radius 3 is 1.92 bits per heavy atom. The molecular weight excluding hydrogens is 324 g/mol. The summed E-state index contributed by atoms with van der Waals surface area (Å²) in [7, 11) is 0. The zero-order valence-corrected chi connectivity index (χ0v) is 13.8. The van der Waals surface area contributed by atoms with E-state index in [0.29, 0.717) is 43.1 Å². The molecule has 0 radical (unpaired) electrons. The molecule has 0 atom stereocenters. The van der Waals surface area contributed by atoms with Crippen LogP contribution >= 0.6 is 0 Å². The molecule has 0 amide bonds. The second-order valence-corrected chi connectivity index (χ2v) is 5.97. The van der Waals surface area contributed by atoms with E-state index in [4.69, 9.17) is 5.26 Å². The summed E-state index contributed by atoms with van der Waals surface area (Å²) in [5.41, 5.74) is 1.53. The van der Waals surface area contributed by atoms with Crippen LogP contribution < -0.4 is 9.80 Å². The topological polar surface area (TPSA) is 47.3 Å². The third-order valence-corrected chi connectivity index (χ3v) is 4.39. The average Bonchev–Trinajstić information content (AvgIpc) is 2.61. The molecule has 128 valence electrons. The van der Waals surface area contributed by atoms with Gasteiger partial charge < -0.3 is 9.80 Å². The molecule has 3 rings (SSSR count). The molecule has 1 aliphatic rings. The number of rotatable bonds is 3. The summed E-state index contributed by atoms with van der Waals surface area (Å²) in [5.74, 6) is -1.03. The van der Waals surface area contributed by atoms with Crippen LogP contribution in [-0.2, 0) is 0 Å². The molecule has 0 N–H and O–H groups in total. The number of piperazine rings is 1. The molecule has 0 spiro atoms. The van der Waals surface area contributed by atoms with Gasteiger partial charge in [0.05, 0.1) is 23.0 Å². The van der Waals surface area contributed by atoms with Crippen LogP contribution in [0.5, 0.6) is 0 Å².